The number of benzene rings is 1. The van der Waals surface area contributed by atoms with Crippen molar-refractivity contribution in [1.29, 1.82) is 0 Å². The molecule has 0 unspecified atom stereocenters. The van der Waals surface area contributed by atoms with E-state index in [9.17, 15) is 25.0 Å². The summed E-state index contributed by atoms with van der Waals surface area (Å²) in [4.78, 5) is 37.1. The molecule has 1 fully saturated rings. The summed E-state index contributed by atoms with van der Waals surface area (Å²) in [5.41, 5.74) is 1.50. The Morgan fingerprint density at radius 2 is 1.55 bits per heavy atom. The zero-order valence-electron chi connectivity index (χ0n) is 23.0. The summed E-state index contributed by atoms with van der Waals surface area (Å²) in [6.45, 7) is 1.30. The monoisotopic (exact) mass is 538 g/mol. The minimum atomic E-state index is -1.02. The van der Waals surface area contributed by atoms with Crippen LogP contribution in [0.1, 0.15) is 89.5 Å². The van der Waals surface area contributed by atoms with Gasteiger partial charge in [0.05, 0.1) is 0 Å². The van der Waals surface area contributed by atoms with Crippen molar-refractivity contribution >= 4 is 6.29 Å². The van der Waals surface area contributed by atoms with Gasteiger partial charge in [-0.2, -0.15) is 0 Å². The van der Waals surface area contributed by atoms with Gasteiger partial charge in [0.1, 0.15) is 25.6 Å². The summed E-state index contributed by atoms with van der Waals surface area (Å²) in [5, 5.41) is 17.4. The number of carbonyl (C=O) groups excluding carboxylic acids is 1. The first-order valence-corrected chi connectivity index (χ1v) is 13.6. The van der Waals surface area contributed by atoms with E-state index < -0.39 is 29.5 Å². The first-order valence-electron chi connectivity index (χ1n) is 13.6. The highest BCUT2D eigenvalue weighted by Crippen LogP contribution is 2.29. The molecule has 0 spiro atoms. The largest absolute Gasteiger partial charge is 0.377 e. The van der Waals surface area contributed by atoms with E-state index in [0.29, 0.717) is 6.42 Å². The van der Waals surface area contributed by atoms with E-state index in [1.165, 1.54) is 70.5 Å². The van der Waals surface area contributed by atoms with Gasteiger partial charge in [-0.15, -0.1) is 20.2 Å². The molecule has 0 bridgehead atoms. The van der Waals surface area contributed by atoms with Crippen molar-refractivity contribution in [3.8, 4) is 0 Å². The predicted molar refractivity (Wildman–Crippen MR) is 147 cm³/mol. The van der Waals surface area contributed by atoms with Crippen LogP contribution in [0.5, 0.6) is 0 Å². The van der Waals surface area contributed by atoms with Crippen molar-refractivity contribution < 1.29 is 29.4 Å². The second-order valence-corrected chi connectivity index (χ2v) is 9.11. The second-order valence-electron chi connectivity index (χ2n) is 9.11. The predicted octanol–water partition coefficient (Wildman–Crippen LogP) is 6.72. The maximum atomic E-state index is 9.81. The molecule has 38 heavy (non-hydrogen) atoms. The van der Waals surface area contributed by atoms with E-state index in [-0.39, 0.29) is 0 Å². The van der Waals surface area contributed by atoms with Gasteiger partial charge in [-0.05, 0) is 43.6 Å². The number of hydrogen-bond donors (Lipinski definition) is 0. The van der Waals surface area contributed by atoms with Crippen molar-refractivity contribution in [2.75, 3.05) is 20.3 Å². The highest BCUT2D eigenvalue weighted by molar-refractivity contribution is 5.49. The van der Waals surface area contributed by atoms with E-state index in [0.717, 1.165) is 31.5 Å². The summed E-state index contributed by atoms with van der Waals surface area (Å²) >= 11 is 0. The van der Waals surface area contributed by atoms with Gasteiger partial charge in [-0.25, -0.2) is 0 Å². The van der Waals surface area contributed by atoms with Gasteiger partial charge in [-0.1, -0.05) is 94.4 Å². The van der Waals surface area contributed by atoms with Crippen molar-refractivity contribution in [3.63, 3.8) is 0 Å². The minimum absolute atomic E-state index is 0.405. The Kier molecular flexibility index (Phi) is 23.6. The lowest BCUT2D eigenvalue weighted by Crippen LogP contribution is -2.26. The first kappa shape index (κ1) is 35.0. The Labute approximate surface area is 226 Å². The van der Waals surface area contributed by atoms with E-state index in [1.807, 2.05) is 0 Å². The highest BCUT2D eigenvalue weighted by Gasteiger charge is 2.14. The molecular formula is C28H46N2O8. The van der Waals surface area contributed by atoms with Gasteiger partial charge in [0.15, 0.2) is 0 Å². The SMILES string of the molecule is CC/C=C\CCCC=O.COC(CO[N+](=O)[O-])CO[N+](=O)[O-].c1ccc(CCCCCC2CCCC2)cc1. The number of unbranched alkanes of at least 4 members (excludes halogenated alkanes) is 4. The number of aryl methyl sites for hydroxylation is 1. The molecule has 10 nitrogen and oxygen atoms in total. The topological polar surface area (TPSA) is 131 Å². The highest BCUT2D eigenvalue weighted by atomic mass is 17.0. The number of carbonyl (C=O) groups is 1. The number of nitrogens with zero attached hydrogens (tertiary/aromatic N) is 2. The average molecular weight is 539 g/mol. The van der Waals surface area contributed by atoms with Gasteiger partial charge < -0.3 is 19.2 Å². The number of methoxy groups -OCH3 is 1. The van der Waals surface area contributed by atoms with Gasteiger partial charge in [-0.3, -0.25) is 0 Å². The van der Waals surface area contributed by atoms with Gasteiger partial charge >= 0.3 is 0 Å². The molecule has 1 aliphatic carbocycles. The Hall–Kier alpha value is -3.01. The third kappa shape index (κ3) is 23.4. The van der Waals surface area contributed by atoms with Crippen LogP contribution in [0.4, 0.5) is 0 Å². The standard InChI is InChI=1S/C16H24.C8H14O.C4H8N2O7/c1-3-9-15(10-4-1)11-5-2-6-12-16-13-7-8-14-16;1-2-3-4-5-6-7-8-9;1-11-4(2-12-5(7)8)3-13-6(9)10/h1,3-4,9-10,16H,2,5-8,11-14H2;3-4,8H,2,5-7H2,1H3;4H,2-3H2,1H3/b;4-3-;. The van der Waals surface area contributed by atoms with Crippen LogP contribution in [0.3, 0.4) is 0 Å². The molecule has 0 amide bonds. The molecule has 0 heterocycles. The molecule has 0 aliphatic heterocycles. The van der Waals surface area contributed by atoms with Gasteiger partial charge in [0, 0.05) is 13.5 Å². The molecule has 1 aromatic rings. The lowest BCUT2D eigenvalue weighted by atomic mass is 9.98. The molecule has 1 aromatic carbocycles. The third-order valence-corrected chi connectivity index (χ3v) is 6.06. The van der Waals surface area contributed by atoms with Crippen LogP contribution in [0.2, 0.25) is 0 Å². The fourth-order valence-electron chi connectivity index (χ4n) is 3.96. The molecule has 216 valence electrons. The molecule has 0 saturated heterocycles. The Morgan fingerprint density at radius 1 is 0.921 bits per heavy atom. The van der Waals surface area contributed by atoms with Crippen molar-refractivity contribution in [2.45, 2.75) is 96.5 Å². The van der Waals surface area contributed by atoms with Crippen LogP contribution < -0.4 is 0 Å². The zero-order chi connectivity index (χ0) is 28.3. The summed E-state index contributed by atoms with van der Waals surface area (Å²) in [6.07, 6.45) is 21.3. The van der Waals surface area contributed by atoms with E-state index in [1.54, 1.807) is 0 Å². The third-order valence-electron chi connectivity index (χ3n) is 6.06. The maximum absolute atomic E-state index is 9.81. The summed E-state index contributed by atoms with van der Waals surface area (Å²) in [5.74, 6) is 1.08. The molecule has 10 heteroatoms. The van der Waals surface area contributed by atoms with Gasteiger partial charge in [0.25, 0.3) is 10.2 Å². The van der Waals surface area contributed by atoms with Crippen LogP contribution in [0.15, 0.2) is 42.5 Å². The fraction of sp³-hybridized carbons (Fsp3) is 0.679. The first-order chi connectivity index (χ1) is 18.4. The maximum Gasteiger partial charge on any atom is 0.294 e. The normalized spacial score (nSPS) is 12.8. The molecule has 0 radical (unpaired) electrons. The summed E-state index contributed by atoms with van der Waals surface area (Å²) in [7, 11) is 1.23. The van der Waals surface area contributed by atoms with Crippen LogP contribution in [-0.2, 0) is 25.6 Å². The van der Waals surface area contributed by atoms with E-state index in [4.69, 9.17) is 0 Å². The Morgan fingerprint density at radius 3 is 2.08 bits per heavy atom. The molecule has 0 atom stereocenters. The second kappa shape index (κ2) is 25.6. The summed E-state index contributed by atoms with van der Waals surface area (Å²) < 4.78 is 4.59. The minimum Gasteiger partial charge on any atom is -0.377 e. The lowest BCUT2D eigenvalue weighted by Gasteiger charge is -2.11. The number of allylic oxidation sites excluding steroid dienone is 2. The van der Waals surface area contributed by atoms with Crippen LogP contribution in [-0.4, -0.2) is 42.9 Å². The van der Waals surface area contributed by atoms with Crippen molar-refractivity contribution in [2.24, 2.45) is 5.92 Å². The number of hydrogen-bond acceptors (Lipinski definition) is 8. The van der Waals surface area contributed by atoms with Crippen LogP contribution in [0, 0.1) is 26.1 Å². The molecule has 1 aliphatic rings. The number of rotatable bonds is 18. The average Bonchev–Trinajstić information content (AvgIpc) is 3.43. The molecule has 0 N–H and O–H groups in total. The lowest BCUT2D eigenvalue weighted by molar-refractivity contribution is -0.768. The molecule has 2 rings (SSSR count). The Bertz CT molecular complexity index is 722. The zero-order valence-corrected chi connectivity index (χ0v) is 23.0. The van der Waals surface area contributed by atoms with Gasteiger partial charge in [0.2, 0.25) is 0 Å². The van der Waals surface area contributed by atoms with E-state index in [2.05, 4.69) is 63.8 Å². The van der Waals surface area contributed by atoms with E-state index >= 15 is 0 Å². The van der Waals surface area contributed by atoms with Crippen molar-refractivity contribution in [3.05, 3.63) is 68.3 Å². The molecular weight excluding hydrogens is 492 g/mol. The Balaban J connectivity index is 0.000000566. The van der Waals surface area contributed by atoms with Crippen LogP contribution in [0.25, 0.3) is 0 Å². The van der Waals surface area contributed by atoms with Crippen LogP contribution >= 0.6 is 0 Å². The molecule has 1 saturated carbocycles. The smallest absolute Gasteiger partial charge is 0.294 e. The fourth-order valence-corrected chi connectivity index (χ4v) is 3.96. The number of ether oxygens (including phenoxy) is 1. The summed E-state index contributed by atoms with van der Waals surface area (Å²) in [6, 6.07) is 10.9. The van der Waals surface area contributed by atoms with Crippen molar-refractivity contribution in [1.82, 2.24) is 0 Å². The molecule has 0 aromatic heterocycles. The quantitative estimate of drug-likeness (QED) is 0.0661. The number of aldehydes is 1.